The van der Waals surface area contributed by atoms with Crippen molar-refractivity contribution in [1.82, 2.24) is 0 Å². The first-order chi connectivity index (χ1) is 9.47. The van der Waals surface area contributed by atoms with Crippen LogP contribution in [0.3, 0.4) is 0 Å². The quantitative estimate of drug-likeness (QED) is 0.903. The summed E-state index contributed by atoms with van der Waals surface area (Å²) in [5.74, 6) is -1.78. The van der Waals surface area contributed by atoms with Crippen molar-refractivity contribution in [2.75, 3.05) is 5.32 Å². The molecule has 0 saturated carbocycles. The first-order valence-corrected chi connectivity index (χ1v) is 5.88. The van der Waals surface area contributed by atoms with Crippen LogP contribution in [0.15, 0.2) is 42.5 Å². The molecule has 4 nitrogen and oxygen atoms in total. The maximum atomic E-state index is 13.1. The molecular formula is C15H12FNO3. The number of benzene rings is 2. The van der Waals surface area contributed by atoms with Gasteiger partial charge in [0.1, 0.15) is 5.82 Å². The number of amides is 1. The molecule has 0 aliphatic rings. The highest BCUT2D eigenvalue weighted by molar-refractivity contribution is 6.04. The lowest BCUT2D eigenvalue weighted by molar-refractivity contribution is 0.0696. The molecule has 0 saturated heterocycles. The van der Waals surface area contributed by atoms with Crippen LogP contribution in [0, 0.1) is 12.7 Å². The van der Waals surface area contributed by atoms with Crippen LogP contribution in [0.4, 0.5) is 10.1 Å². The summed E-state index contributed by atoms with van der Waals surface area (Å²) in [6, 6.07) is 9.87. The van der Waals surface area contributed by atoms with E-state index in [0.717, 1.165) is 0 Å². The van der Waals surface area contributed by atoms with Crippen LogP contribution >= 0.6 is 0 Å². The number of carbonyl (C=O) groups excluding carboxylic acids is 1. The third kappa shape index (κ3) is 3.00. The van der Waals surface area contributed by atoms with E-state index in [2.05, 4.69) is 5.32 Å². The largest absolute Gasteiger partial charge is 0.478 e. The molecule has 0 fully saturated rings. The Bertz CT molecular complexity index is 665. The molecule has 1 amide bonds. The van der Waals surface area contributed by atoms with Crippen molar-refractivity contribution in [3.63, 3.8) is 0 Å². The second-order valence-corrected chi connectivity index (χ2v) is 4.30. The summed E-state index contributed by atoms with van der Waals surface area (Å²) in [4.78, 5) is 22.6. The van der Waals surface area contributed by atoms with Gasteiger partial charge in [0, 0.05) is 11.3 Å². The number of halogens is 1. The van der Waals surface area contributed by atoms with Gasteiger partial charge in [-0.05, 0) is 55.0 Å². The first kappa shape index (κ1) is 13.7. The molecule has 0 radical (unpaired) electrons. The van der Waals surface area contributed by atoms with Crippen LogP contribution in [0.1, 0.15) is 26.3 Å². The number of carboxylic acid groups (broad SMARTS) is 1. The Hall–Kier alpha value is -2.69. The summed E-state index contributed by atoms with van der Waals surface area (Å²) in [6.45, 7) is 1.58. The Morgan fingerprint density at radius 3 is 2.20 bits per heavy atom. The molecule has 20 heavy (non-hydrogen) atoms. The number of carbonyl (C=O) groups is 2. The number of nitrogens with one attached hydrogen (secondary N) is 1. The number of anilines is 1. The number of hydrogen-bond acceptors (Lipinski definition) is 2. The maximum Gasteiger partial charge on any atom is 0.335 e. The minimum absolute atomic E-state index is 0.139. The van der Waals surface area contributed by atoms with Gasteiger partial charge in [0.2, 0.25) is 0 Å². The average Bonchev–Trinajstić information content (AvgIpc) is 2.42. The summed E-state index contributed by atoms with van der Waals surface area (Å²) in [7, 11) is 0. The zero-order valence-corrected chi connectivity index (χ0v) is 10.7. The lowest BCUT2D eigenvalue weighted by Gasteiger charge is -2.06. The number of aromatic carboxylic acids is 1. The standard InChI is InChI=1S/C15H12FNO3/c1-9-8-11(4-7-13(9)16)14(18)17-12-5-2-10(3-6-12)15(19)20/h2-8H,1H3,(H,17,18)(H,19,20). The van der Waals surface area contributed by atoms with Crippen LogP contribution in [0.5, 0.6) is 0 Å². The lowest BCUT2D eigenvalue weighted by Crippen LogP contribution is -2.12. The van der Waals surface area contributed by atoms with Gasteiger partial charge in [0.25, 0.3) is 5.91 Å². The lowest BCUT2D eigenvalue weighted by atomic mass is 10.1. The molecule has 102 valence electrons. The fourth-order valence-electron chi connectivity index (χ4n) is 1.69. The van der Waals surface area contributed by atoms with E-state index in [-0.39, 0.29) is 17.3 Å². The Labute approximate surface area is 114 Å². The minimum Gasteiger partial charge on any atom is -0.478 e. The highest BCUT2D eigenvalue weighted by Crippen LogP contribution is 2.13. The highest BCUT2D eigenvalue weighted by atomic mass is 19.1. The third-order valence-corrected chi connectivity index (χ3v) is 2.81. The molecule has 5 heteroatoms. The van der Waals surface area contributed by atoms with E-state index in [0.29, 0.717) is 16.8 Å². The molecule has 0 spiro atoms. The van der Waals surface area contributed by atoms with Gasteiger partial charge in [-0.3, -0.25) is 4.79 Å². The van der Waals surface area contributed by atoms with Crippen molar-refractivity contribution in [1.29, 1.82) is 0 Å². The van der Waals surface area contributed by atoms with Crippen LogP contribution in [-0.2, 0) is 0 Å². The van der Waals surface area contributed by atoms with Crippen LogP contribution < -0.4 is 5.32 Å². The maximum absolute atomic E-state index is 13.1. The van der Waals surface area contributed by atoms with Crippen molar-refractivity contribution in [3.05, 3.63) is 65.0 Å². The Morgan fingerprint density at radius 2 is 1.65 bits per heavy atom. The number of aryl methyl sites for hydroxylation is 1. The zero-order chi connectivity index (χ0) is 14.7. The summed E-state index contributed by atoms with van der Waals surface area (Å²) < 4.78 is 13.1. The molecule has 0 heterocycles. The number of hydrogen-bond donors (Lipinski definition) is 2. The molecule has 2 rings (SSSR count). The molecule has 2 aromatic carbocycles. The van der Waals surface area contributed by atoms with Crippen LogP contribution in [0.25, 0.3) is 0 Å². The van der Waals surface area contributed by atoms with Gasteiger partial charge in [0.05, 0.1) is 5.56 Å². The highest BCUT2D eigenvalue weighted by Gasteiger charge is 2.09. The van der Waals surface area contributed by atoms with Crippen molar-refractivity contribution < 1.29 is 19.1 Å². The molecule has 0 unspecified atom stereocenters. The molecule has 0 aliphatic heterocycles. The van der Waals surface area contributed by atoms with Gasteiger partial charge in [-0.15, -0.1) is 0 Å². The molecule has 2 aromatic rings. The summed E-state index contributed by atoms with van der Waals surface area (Å²) in [6.07, 6.45) is 0. The Morgan fingerprint density at radius 1 is 1.05 bits per heavy atom. The van der Waals surface area contributed by atoms with Gasteiger partial charge in [0.15, 0.2) is 0 Å². The normalized spacial score (nSPS) is 10.1. The van der Waals surface area contributed by atoms with Gasteiger partial charge in [-0.2, -0.15) is 0 Å². The van der Waals surface area contributed by atoms with Crippen molar-refractivity contribution in [3.8, 4) is 0 Å². The minimum atomic E-state index is -1.03. The van der Waals surface area contributed by atoms with E-state index in [1.165, 1.54) is 42.5 Å². The van der Waals surface area contributed by atoms with E-state index < -0.39 is 5.97 Å². The molecule has 0 aliphatic carbocycles. The van der Waals surface area contributed by atoms with Crippen molar-refractivity contribution >= 4 is 17.6 Å². The van der Waals surface area contributed by atoms with E-state index >= 15 is 0 Å². The van der Waals surface area contributed by atoms with Crippen molar-refractivity contribution in [2.24, 2.45) is 0 Å². The van der Waals surface area contributed by atoms with Gasteiger partial charge in [-0.25, -0.2) is 9.18 Å². The summed E-state index contributed by atoms with van der Waals surface area (Å²) >= 11 is 0. The van der Waals surface area contributed by atoms with Crippen LogP contribution in [0.2, 0.25) is 0 Å². The number of carboxylic acids is 1. The zero-order valence-electron chi connectivity index (χ0n) is 10.7. The van der Waals surface area contributed by atoms with Gasteiger partial charge < -0.3 is 10.4 Å². The Kier molecular flexibility index (Phi) is 3.79. The summed E-state index contributed by atoms with van der Waals surface area (Å²) in [5, 5.41) is 11.4. The van der Waals surface area contributed by atoms with E-state index in [4.69, 9.17) is 5.11 Å². The molecule has 2 N–H and O–H groups in total. The monoisotopic (exact) mass is 273 g/mol. The van der Waals surface area contributed by atoms with E-state index in [9.17, 15) is 14.0 Å². The molecule has 0 bridgehead atoms. The van der Waals surface area contributed by atoms with E-state index in [1.807, 2.05) is 0 Å². The van der Waals surface area contributed by atoms with Gasteiger partial charge >= 0.3 is 5.97 Å². The average molecular weight is 273 g/mol. The predicted octanol–water partition coefficient (Wildman–Crippen LogP) is 3.08. The molecule has 0 atom stereocenters. The smallest absolute Gasteiger partial charge is 0.335 e. The number of rotatable bonds is 3. The summed E-state index contributed by atoms with van der Waals surface area (Å²) in [5.41, 5.74) is 1.34. The fraction of sp³-hybridized carbons (Fsp3) is 0.0667. The second-order valence-electron chi connectivity index (χ2n) is 4.30. The third-order valence-electron chi connectivity index (χ3n) is 2.81. The molecular weight excluding hydrogens is 261 g/mol. The topological polar surface area (TPSA) is 66.4 Å². The fourth-order valence-corrected chi connectivity index (χ4v) is 1.69. The SMILES string of the molecule is Cc1cc(C(=O)Nc2ccc(C(=O)O)cc2)ccc1F. The second kappa shape index (κ2) is 5.52. The van der Waals surface area contributed by atoms with Crippen molar-refractivity contribution in [2.45, 2.75) is 6.92 Å². The van der Waals surface area contributed by atoms with Crippen LogP contribution in [-0.4, -0.2) is 17.0 Å². The Balaban J connectivity index is 2.14. The first-order valence-electron chi connectivity index (χ1n) is 5.88. The molecule has 0 aromatic heterocycles. The predicted molar refractivity (Wildman–Crippen MR) is 72.5 cm³/mol. The van der Waals surface area contributed by atoms with E-state index in [1.54, 1.807) is 6.92 Å². The van der Waals surface area contributed by atoms with Gasteiger partial charge in [-0.1, -0.05) is 0 Å².